The predicted octanol–water partition coefficient (Wildman–Crippen LogP) is 4.20. The average Bonchev–Trinajstić information content (AvgIpc) is 2.81. The summed E-state index contributed by atoms with van der Waals surface area (Å²) in [5, 5.41) is 4.32. The molecule has 0 fully saturated rings. The Morgan fingerprint density at radius 3 is 2.43 bits per heavy atom. The SMILES string of the molecule is CCCc1nc(N(C)c2cc(C)cc(C)c2)sc1CNC. The van der Waals surface area contributed by atoms with Crippen molar-refractivity contribution in [1.29, 1.82) is 0 Å². The molecule has 0 amide bonds. The second kappa shape index (κ2) is 7.05. The van der Waals surface area contributed by atoms with E-state index in [2.05, 4.69) is 56.2 Å². The molecule has 0 spiro atoms. The summed E-state index contributed by atoms with van der Waals surface area (Å²) >= 11 is 1.79. The molecule has 21 heavy (non-hydrogen) atoms. The number of benzene rings is 1. The minimum atomic E-state index is 0.897. The fourth-order valence-corrected chi connectivity index (χ4v) is 3.60. The fourth-order valence-electron chi connectivity index (χ4n) is 2.50. The van der Waals surface area contributed by atoms with E-state index >= 15 is 0 Å². The van der Waals surface area contributed by atoms with E-state index < -0.39 is 0 Å². The third-order valence-electron chi connectivity index (χ3n) is 3.47. The maximum Gasteiger partial charge on any atom is 0.190 e. The third-order valence-corrected chi connectivity index (χ3v) is 4.65. The number of aromatic nitrogens is 1. The molecule has 0 radical (unpaired) electrons. The highest BCUT2D eigenvalue weighted by molar-refractivity contribution is 7.15. The van der Waals surface area contributed by atoms with Crippen LogP contribution in [-0.4, -0.2) is 19.1 Å². The molecular formula is C17H25N3S. The van der Waals surface area contributed by atoms with Gasteiger partial charge in [0.2, 0.25) is 0 Å². The number of nitrogens with one attached hydrogen (secondary N) is 1. The second-order valence-electron chi connectivity index (χ2n) is 5.55. The number of anilines is 2. The van der Waals surface area contributed by atoms with Crippen molar-refractivity contribution in [2.24, 2.45) is 0 Å². The van der Waals surface area contributed by atoms with Crippen LogP contribution >= 0.6 is 11.3 Å². The Balaban J connectivity index is 2.33. The molecular weight excluding hydrogens is 278 g/mol. The van der Waals surface area contributed by atoms with Gasteiger partial charge >= 0.3 is 0 Å². The molecule has 0 unspecified atom stereocenters. The van der Waals surface area contributed by atoms with E-state index in [4.69, 9.17) is 4.98 Å². The molecule has 1 aromatic heterocycles. The van der Waals surface area contributed by atoms with E-state index in [1.54, 1.807) is 11.3 Å². The molecule has 3 nitrogen and oxygen atoms in total. The lowest BCUT2D eigenvalue weighted by Gasteiger charge is -2.17. The largest absolute Gasteiger partial charge is 0.321 e. The van der Waals surface area contributed by atoms with Crippen LogP contribution < -0.4 is 10.2 Å². The molecule has 1 aromatic carbocycles. The zero-order chi connectivity index (χ0) is 15.4. The number of nitrogens with zero attached hydrogens (tertiary/aromatic N) is 2. The summed E-state index contributed by atoms with van der Waals surface area (Å²) in [4.78, 5) is 8.41. The lowest BCUT2D eigenvalue weighted by Crippen LogP contribution is -2.09. The Labute approximate surface area is 132 Å². The fraction of sp³-hybridized carbons (Fsp3) is 0.471. The molecule has 114 valence electrons. The summed E-state index contributed by atoms with van der Waals surface area (Å²) in [7, 11) is 4.09. The van der Waals surface area contributed by atoms with Gasteiger partial charge in [-0.3, -0.25) is 0 Å². The molecule has 0 bridgehead atoms. The first-order valence-corrected chi connectivity index (χ1v) is 8.32. The van der Waals surface area contributed by atoms with Gasteiger partial charge < -0.3 is 10.2 Å². The van der Waals surface area contributed by atoms with Crippen molar-refractivity contribution < 1.29 is 0 Å². The van der Waals surface area contributed by atoms with Crippen LogP contribution in [-0.2, 0) is 13.0 Å². The standard InChI is InChI=1S/C17H25N3S/c1-6-7-15-16(11-18-4)21-17(19-15)20(5)14-9-12(2)8-13(3)10-14/h8-10,18H,6-7,11H2,1-5H3. The summed E-state index contributed by atoms with van der Waals surface area (Å²) in [5.74, 6) is 0. The summed E-state index contributed by atoms with van der Waals surface area (Å²) < 4.78 is 0. The Morgan fingerprint density at radius 2 is 1.86 bits per heavy atom. The van der Waals surface area contributed by atoms with E-state index in [0.29, 0.717) is 0 Å². The monoisotopic (exact) mass is 303 g/mol. The average molecular weight is 303 g/mol. The van der Waals surface area contributed by atoms with Gasteiger partial charge in [0.15, 0.2) is 5.13 Å². The number of hydrogen-bond donors (Lipinski definition) is 1. The lowest BCUT2D eigenvalue weighted by atomic mass is 10.1. The highest BCUT2D eigenvalue weighted by atomic mass is 32.1. The van der Waals surface area contributed by atoms with E-state index in [0.717, 1.165) is 24.5 Å². The van der Waals surface area contributed by atoms with Crippen LogP contribution in [0.25, 0.3) is 0 Å². The minimum absolute atomic E-state index is 0.897. The molecule has 0 aliphatic heterocycles. The van der Waals surface area contributed by atoms with Crippen LogP contribution in [0.3, 0.4) is 0 Å². The van der Waals surface area contributed by atoms with Crippen molar-refractivity contribution in [1.82, 2.24) is 10.3 Å². The molecule has 1 heterocycles. The molecule has 0 aliphatic carbocycles. The number of rotatable bonds is 6. The first-order valence-electron chi connectivity index (χ1n) is 7.50. The molecule has 1 N–H and O–H groups in total. The maximum atomic E-state index is 4.86. The zero-order valence-corrected chi connectivity index (χ0v) is 14.5. The van der Waals surface area contributed by atoms with E-state index in [1.165, 1.54) is 27.4 Å². The zero-order valence-electron chi connectivity index (χ0n) is 13.7. The van der Waals surface area contributed by atoms with Gasteiger partial charge in [-0.25, -0.2) is 4.98 Å². The maximum absolute atomic E-state index is 4.86. The number of aryl methyl sites for hydroxylation is 3. The van der Waals surface area contributed by atoms with Crippen molar-refractivity contribution in [3.05, 3.63) is 39.9 Å². The highest BCUT2D eigenvalue weighted by Gasteiger charge is 2.14. The van der Waals surface area contributed by atoms with Crippen molar-refractivity contribution in [2.45, 2.75) is 40.2 Å². The molecule has 2 aromatic rings. The van der Waals surface area contributed by atoms with Crippen LogP contribution in [0.4, 0.5) is 10.8 Å². The summed E-state index contributed by atoms with van der Waals surface area (Å²) in [6.45, 7) is 7.38. The Kier molecular flexibility index (Phi) is 5.37. The Hall–Kier alpha value is -1.39. The number of thiazole rings is 1. The summed E-state index contributed by atoms with van der Waals surface area (Å²) in [6, 6.07) is 6.63. The van der Waals surface area contributed by atoms with E-state index in [1.807, 2.05) is 7.05 Å². The molecule has 0 saturated carbocycles. The molecule has 2 rings (SSSR count). The van der Waals surface area contributed by atoms with E-state index in [9.17, 15) is 0 Å². The molecule has 0 aliphatic rings. The van der Waals surface area contributed by atoms with E-state index in [-0.39, 0.29) is 0 Å². The quantitative estimate of drug-likeness (QED) is 0.867. The van der Waals surface area contributed by atoms with Gasteiger partial charge in [0.1, 0.15) is 0 Å². The van der Waals surface area contributed by atoms with Gasteiger partial charge in [-0.2, -0.15) is 0 Å². The van der Waals surface area contributed by atoms with Crippen LogP contribution in [0, 0.1) is 13.8 Å². The van der Waals surface area contributed by atoms with Crippen molar-refractivity contribution >= 4 is 22.2 Å². The molecule has 0 atom stereocenters. The van der Waals surface area contributed by atoms with Crippen molar-refractivity contribution in [3.63, 3.8) is 0 Å². The van der Waals surface area contributed by atoms with Gasteiger partial charge in [-0.05, 0) is 50.6 Å². The Morgan fingerprint density at radius 1 is 1.19 bits per heavy atom. The summed E-state index contributed by atoms with van der Waals surface area (Å²) in [6.07, 6.45) is 2.18. The number of hydrogen-bond acceptors (Lipinski definition) is 4. The third kappa shape index (κ3) is 3.83. The van der Waals surface area contributed by atoms with Gasteiger partial charge in [0, 0.05) is 24.2 Å². The smallest absolute Gasteiger partial charge is 0.190 e. The lowest BCUT2D eigenvalue weighted by molar-refractivity contribution is 0.798. The molecule has 0 saturated heterocycles. The first kappa shape index (κ1) is 16.0. The van der Waals surface area contributed by atoms with Crippen molar-refractivity contribution in [2.75, 3.05) is 19.0 Å². The normalized spacial score (nSPS) is 10.9. The van der Waals surface area contributed by atoms with Crippen LogP contribution in [0.2, 0.25) is 0 Å². The van der Waals surface area contributed by atoms with Crippen LogP contribution in [0.1, 0.15) is 35.0 Å². The Bertz CT molecular complexity index is 560. The topological polar surface area (TPSA) is 28.2 Å². The summed E-state index contributed by atoms with van der Waals surface area (Å²) in [5.41, 5.74) is 5.03. The highest BCUT2D eigenvalue weighted by Crippen LogP contribution is 2.32. The van der Waals surface area contributed by atoms with Gasteiger partial charge in [-0.15, -0.1) is 0 Å². The molecule has 4 heteroatoms. The van der Waals surface area contributed by atoms with Crippen LogP contribution in [0.5, 0.6) is 0 Å². The van der Waals surface area contributed by atoms with Gasteiger partial charge in [0.25, 0.3) is 0 Å². The first-order chi connectivity index (χ1) is 10.0. The van der Waals surface area contributed by atoms with Crippen LogP contribution in [0.15, 0.2) is 18.2 Å². The minimum Gasteiger partial charge on any atom is -0.321 e. The van der Waals surface area contributed by atoms with Gasteiger partial charge in [-0.1, -0.05) is 30.7 Å². The predicted molar refractivity (Wildman–Crippen MR) is 92.9 cm³/mol. The second-order valence-corrected chi connectivity index (χ2v) is 6.61. The van der Waals surface area contributed by atoms with Gasteiger partial charge in [0.05, 0.1) is 5.69 Å². The van der Waals surface area contributed by atoms with Crippen molar-refractivity contribution in [3.8, 4) is 0 Å².